The van der Waals surface area contributed by atoms with Gasteiger partial charge in [0.05, 0.1) is 0 Å². The Morgan fingerprint density at radius 2 is 1.65 bits per heavy atom. The van der Waals surface area contributed by atoms with Gasteiger partial charge in [0.15, 0.2) is 0 Å². The summed E-state index contributed by atoms with van der Waals surface area (Å²) < 4.78 is 6.50. The van der Waals surface area contributed by atoms with Crippen molar-refractivity contribution in [1.82, 2.24) is 0 Å². The van der Waals surface area contributed by atoms with Crippen molar-refractivity contribution in [2.45, 2.75) is 70.2 Å². The number of alkyl halides is 1. The maximum absolute atomic E-state index is 6.50. The van der Waals surface area contributed by atoms with Crippen molar-refractivity contribution >= 4 is 15.9 Å². The predicted molar refractivity (Wildman–Crippen MR) is 87.9 cm³/mol. The van der Waals surface area contributed by atoms with E-state index in [-0.39, 0.29) is 0 Å². The van der Waals surface area contributed by atoms with Crippen LogP contribution in [0.3, 0.4) is 0 Å². The van der Waals surface area contributed by atoms with Gasteiger partial charge in [0.25, 0.3) is 0 Å². The maximum atomic E-state index is 6.50. The third kappa shape index (κ3) is 2.30. The van der Waals surface area contributed by atoms with Crippen LogP contribution in [0.25, 0.3) is 0 Å². The maximum Gasteiger partial charge on any atom is 0.125 e. The highest BCUT2D eigenvalue weighted by atomic mass is 79.9. The minimum Gasteiger partial charge on any atom is -0.489 e. The zero-order valence-corrected chi connectivity index (χ0v) is 14.4. The van der Waals surface area contributed by atoms with E-state index in [0.29, 0.717) is 16.3 Å². The second-order valence-electron chi connectivity index (χ2n) is 6.83. The molecule has 20 heavy (non-hydrogen) atoms. The molecule has 0 saturated heterocycles. The van der Waals surface area contributed by atoms with Crippen LogP contribution < -0.4 is 4.74 Å². The van der Waals surface area contributed by atoms with Crippen molar-refractivity contribution in [3.05, 3.63) is 28.8 Å². The molecule has 0 N–H and O–H groups in total. The molecule has 110 valence electrons. The molecular formula is C18H25BrO. The summed E-state index contributed by atoms with van der Waals surface area (Å²) in [5, 5.41) is 0. The molecule has 2 heteroatoms. The lowest BCUT2D eigenvalue weighted by Gasteiger charge is -2.55. The molecule has 0 aromatic heterocycles. The van der Waals surface area contributed by atoms with Gasteiger partial charge >= 0.3 is 0 Å². The van der Waals surface area contributed by atoms with Gasteiger partial charge in [-0.05, 0) is 51.2 Å². The fourth-order valence-electron chi connectivity index (χ4n) is 4.20. The molecule has 3 rings (SSSR count). The van der Waals surface area contributed by atoms with Crippen LogP contribution in [-0.4, -0.2) is 10.9 Å². The Labute approximate surface area is 131 Å². The van der Waals surface area contributed by atoms with Gasteiger partial charge in [0, 0.05) is 10.2 Å². The SMILES string of the molecule is Cc1cc(C)c(OC2CC(Br)C23CCCCC3)c(C)c1. The largest absolute Gasteiger partial charge is 0.489 e. The summed E-state index contributed by atoms with van der Waals surface area (Å²) in [5.41, 5.74) is 4.30. The number of ether oxygens (including phenoxy) is 1. The number of rotatable bonds is 2. The molecule has 0 heterocycles. The first kappa shape index (κ1) is 14.4. The first-order valence-corrected chi connectivity index (χ1v) is 8.83. The monoisotopic (exact) mass is 336 g/mol. The molecule has 0 bridgehead atoms. The quantitative estimate of drug-likeness (QED) is 0.650. The Morgan fingerprint density at radius 1 is 1.05 bits per heavy atom. The highest BCUT2D eigenvalue weighted by molar-refractivity contribution is 9.09. The Balaban J connectivity index is 1.82. The van der Waals surface area contributed by atoms with E-state index >= 15 is 0 Å². The summed E-state index contributed by atoms with van der Waals surface area (Å²) in [7, 11) is 0. The Morgan fingerprint density at radius 3 is 2.20 bits per heavy atom. The van der Waals surface area contributed by atoms with E-state index in [1.54, 1.807) is 0 Å². The molecule has 0 radical (unpaired) electrons. The Bertz CT molecular complexity index is 479. The normalized spacial score (nSPS) is 28.2. The molecule has 0 amide bonds. The van der Waals surface area contributed by atoms with Crippen LogP contribution in [0.5, 0.6) is 5.75 Å². The molecule has 0 aliphatic heterocycles. The van der Waals surface area contributed by atoms with Crippen molar-refractivity contribution in [3.63, 3.8) is 0 Å². The van der Waals surface area contributed by atoms with Gasteiger partial charge in [-0.1, -0.05) is 52.9 Å². The molecule has 2 aliphatic rings. The van der Waals surface area contributed by atoms with Gasteiger partial charge in [-0.25, -0.2) is 0 Å². The molecule has 1 nitrogen and oxygen atoms in total. The van der Waals surface area contributed by atoms with Gasteiger partial charge < -0.3 is 4.74 Å². The lowest BCUT2D eigenvalue weighted by molar-refractivity contribution is -0.0607. The van der Waals surface area contributed by atoms with Crippen LogP contribution in [0.2, 0.25) is 0 Å². The van der Waals surface area contributed by atoms with Crippen molar-refractivity contribution < 1.29 is 4.74 Å². The van der Waals surface area contributed by atoms with Gasteiger partial charge in [-0.2, -0.15) is 0 Å². The van der Waals surface area contributed by atoms with Crippen LogP contribution in [0.1, 0.15) is 55.2 Å². The third-order valence-corrected chi connectivity index (χ3v) is 6.62. The van der Waals surface area contributed by atoms with Crippen LogP contribution >= 0.6 is 15.9 Å². The van der Waals surface area contributed by atoms with Gasteiger partial charge in [0.1, 0.15) is 11.9 Å². The Hall–Kier alpha value is -0.500. The number of hydrogen-bond donors (Lipinski definition) is 0. The van der Waals surface area contributed by atoms with Gasteiger partial charge in [-0.15, -0.1) is 0 Å². The third-order valence-electron chi connectivity index (χ3n) is 5.34. The number of benzene rings is 1. The molecule has 1 spiro atoms. The standard InChI is InChI=1S/C18H25BrO/c1-12-9-13(2)17(14(3)10-12)20-16-11-15(19)18(16)7-5-4-6-8-18/h9-10,15-16H,4-8,11H2,1-3H3. The minimum absolute atomic E-state index is 0.405. The zero-order chi connectivity index (χ0) is 14.3. The first-order valence-electron chi connectivity index (χ1n) is 7.91. The molecule has 2 atom stereocenters. The predicted octanol–water partition coefficient (Wildman–Crippen LogP) is 5.48. The molecule has 1 aromatic carbocycles. The van der Waals surface area contributed by atoms with Gasteiger partial charge in [-0.3, -0.25) is 0 Å². The van der Waals surface area contributed by atoms with Gasteiger partial charge in [0.2, 0.25) is 0 Å². The van der Waals surface area contributed by atoms with Crippen LogP contribution in [0.15, 0.2) is 12.1 Å². The number of aryl methyl sites for hydroxylation is 3. The van der Waals surface area contributed by atoms with Crippen molar-refractivity contribution in [1.29, 1.82) is 0 Å². The highest BCUT2D eigenvalue weighted by Crippen LogP contribution is 2.56. The summed E-state index contributed by atoms with van der Waals surface area (Å²) in [4.78, 5) is 0.659. The highest BCUT2D eigenvalue weighted by Gasteiger charge is 2.55. The molecular weight excluding hydrogens is 312 g/mol. The fourth-order valence-corrected chi connectivity index (χ4v) is 5.30. The van der Waals surface area contributed by atoms with Crippen LogP contribution in [-0.2, 0) is 0 Å². The summed E-state index contributed by atoms with van der Waals surface area (Å²) in [6.07, 6.45) is 8.37. The lowest BCUT2D eigenvalue weighted by Crippen LogP contribution is -2.57. The van der Waals surface area contributed by atoms with E-state index in [1.807, 2.05) is 0 Å². The summed E-state index contributed by atoms with van der Waals surface area (Å²) in [5.74, 6) is 1.13. The van der Waals surface area contributed by atoms with E-state index < -0.39 is 0 Å². The average Bonchev–Trinajstić information content (AvgIpc) is 2.42. The minimum atomic E-state index is 0.405. The average molecular weight is 337 g/mol. The number of halogens is 1. The van der Waals surface area contributed by atoms with Crippen molar-refractivity contribution in [2.24, 2.45) is 5.41 Å². The van der Waals surface area contributed by atoms with E-state index in [1.165, 1.54) is 48.8 Å². The summed E-state index contributed by atoms with van der Waals surface area (Å²) in [6.45, 7) is 6.50. The van der Waals surface area contributed by atoms with Crippen LogP contribution in [0, 0.1) is 26.2 Å². The van der Waals surface area contributed by atoms with Crippen molar-refractivity contribution in [3.8, 4) is 5.75 Å². The zero-order valence-electron chi connectivity index (χ0n) is 12.8. The molecule has 1 aromatic rings. The topological polar surface area (TPSA) is 9.23 Å². The molecule has 2 unspecified atom stereocenters. The molecule has 2 aliphatic carbocycles. The van der Waals surface area contributed by atoms with E-state index in [0.717, 1.165) is 12.2 Å². The number of hydrogen-bond acceptors (Lipinski definition) is 1. The molecule has 2 fully saturated rings. The van der Waals surface area contributed by atoms with Crippen molar-refractivity contribution in [2.75, 3.05) is 0 Å². The van der Waals surface area contributed by atoms with E-state index in [9.17, 15) is 0 Å². The first-order chi connectivity index (χ1) is 9.53. The van der Waals surface area contributed by atoms with Crippen LogP contribution in [0.4, 0.5) is 0 Å². The fraction of sp³-hybridized carbons (Fsp3) is 0.667. The second-order valence-corrected chi connectivity index (χ2v) is 7.94. The van der Waals surface area contributed by atoms with E-state index in [2.05, 4.69) is 48.8 Å². The van der Waals surface area contributed by atoms with E-state index in [4.69, 9.17) is 4.74 Å². The smallest absolute Gasteiger partial charge is 0.125 e. The second kappa shape index (κ2) is 5.36. The molecule has 2 saturated carbocycles. The lowest BCUT2D eigenvalue weighted by atomic mass is 9.58. The summed E-state index contributed by atoms with van der Waals surface area (Å²) in [6, 6.07) is 4.47. The Kier molecular flexibility index (Phi) is 3.87. The summed E-state index contributed by atoms with van der Waals surface area (Å²) >= 11 is 3.90.